The smallest absolute Gasteiger partial charge is 0.319 e. The standard InChI is InChI=1S/C16H15FN2O2/c1-2-21-15(20)16(11-3-4-11,13(9-18)10-19)12-5-7-14(17)8-6-12/h5-8,11,13H,2-4H2,1H3. The van der Waals surface area contributed by atoms with Crippen molar-refractivity contribution in [2.24, 2.45) is 11.8 Å². The highest BCUT2D eigenvalue weighted by Gasteiger charge is 2.58. The molecule has 1 fully saturated rings. The summed E-state index contributed by atoms with van der Waals surface area (Å²) in [6, 6.07) is 9.22. The lowest BCUT2D eigenvalue weighted by molar-refractivity contribution is -0.152. The molecule has 0 aromatic heterocycles. The molecule has 2 rings (SSSR count). The minimum absolute atomic E-state index is 0.119. The molecule has 0 radical (unpaired) electrons. The van der Waals surface area contributed by atoms with Crippen LogP contribution >= 0.6 is 0 Å². The molecular formula is C16H15FN2O2. The van der Waals surface area contributed by atoms with Crippen LogP contribution in [0, 0.1) is 40.3 Å². The molecule has 1 aromatic carbocycles. The van der Waals surface area contributed by atoms with E-state index in [0.717, 1.165) is 12.8 Å². The van der Waals surface area contributed by atoms with Gasteiger partial charge in [-0.15, -0.1) is 0 Å². The molecule has 1 unspecified atom stereocenters. The van der Waals surface area contributed by atoms with Crippen LogP contribution in [0.3, 0.4) is 0 Å². The monoisotopic (exact) mass is 286 g/mol. The maximum Gasteiger partial charge on any atom is 0.319 e. The molecule has 0 bridgehead atoms. The number of nitriles is 2. The molecular weight excluding hydrogens is 271 g/mol. The SMILES string of the molecule is CCOC(=O)C(c1ccc(F)cc1)(C(C#N)C#N)C1CC1. The summed E-state index contributed by atoms with van der Waals surface area (Å²) in [5, 5.41) is 18.6. The summed E-state index contributed by atoms with van der Waals surface area (Å²) in [7, 11) is 0. The van der Waals surface area contributed by atoms with E-state index in [2.05, 4.69) is 0 Å². The molecule has 1 atom stereocenters. The van der Waals surface area contributed by atoms with Crippen LogP contribution in [-0.4, -0.2) is 12.6 Å². The van der Waals surface area contributed by atoms with E-state index in [-0.39, 0.29) is 12.5 Å². The first-order valence-electron chi connectivity index (χ1n) is 6.83. The number of halogens is 1. The van der Waals surface area contributed by atoms with Crippen molar-refractivity contribution in [3.8, 4) is 12.1 Å². The lowest BCUT2D eigenvalue weighted by atomic mass is 9.67. The lowest BCUT2D eigenvalue weighted by Gasteiger charge is -2.32. The Kier molecular flexibility index (Phi) is 4.23. The molecule has 0 N–H and O–H groups in total. The zero-order chi connectivity index (χ0) is 15.5. The van der Waals surface area contributed by atoms with Gasteiger partial charge in [-0.05, 0) is 43.4 Å². The van der Waals surface area contributed by atoms with Crippen molar-refractivity contribution in [2.75, 3.05) is 6.61 Å². The number of benzene rings is 1. The number of hydrogen-bond donors (Lipinski definition) is 0. The van der Waals surface area contributed by atoms with E-state index < -0.39 is 23.1 Å². The summed E-state index contributed by atoms with van der Waals surface area (Å²) in [5.41, 5.74) is -0.856. The Bertz CT molecular complexity index is 597. The quantitative estimate of drug-likeness (QED) is 0.780. The summed E-state index contributed by atoms with van der Waals surface area (Å²) in [5.74, 6) is -2.29. The molecule has 1 aliphatic rings. The van der Waals surface area contributed by atoms with Crippen molar-refractivity contribution in [1.29, 1.82) is 10.5 Å². The van der Waals surface area contributed by atoms with Crippen molar-refractivity contribution in [3.05, 3.63) is 35.6 Å². The van der Waals surface area contributed by atoms with Gasteiger partial charge in [0, 0.05) is 0 Å². The number of esters is 1. The zero-order valence-corrected chi connectivity index (χ0v) is 11.7. The average Bonchev–Trinajstić information content (AvgIpc) is 3.31. The number of carbonyl (C=O) groups excluding carboxylic acids is 1. The van der Waals surface area contributed by atoms with E-state index in [0.29, 0.717) is 5.56 Å². The van der Waals surface area contributed by atoms with E-state index in [1.165, 1.54) is 24.3 Å². The van der Waals surface area contributed by atoms with E-state index in [1.54, 1.807) is 6.92 Å². The fourth-order valence-corrected chi connectivity index (χ4v) is 2.79. The minimum Gasteiger partial charge on any atom is -0.465 e. The van der Waals surface area contributed by atoms with Crippen LogP contribution in [0.15, 0.2) is 24.3 Å². The van der Waals surface area contributed by atoms with Crippen molar-refractivity contribution >= 4 is 5.97 Å². The maximum atomic E-state index is 13.2. The Morgan fingerprint density at radius 3 is 2.38 bits per heavy atom. The Morgan fingerprint density at radius 2 is 1.95 bits per heavy atom. The van der Waals surface area contributed by atoms with E-state index in [1.807, 2.05) is 12.1 Å². The van der Waals surface area contributed by atoms with Crippen LogP contribution < -0.4 is 0 Å². The molecule has 0 aliphatic heterocycles. The van der Waals surface area contributed by atoms with Crippen LogP contribution in [-0.2, 0) is 14.9 Å². The Morgan fingerprint density at radius 1 is 1.38 bits per heavy atom. The second-order valence-electron chi connectivity index (χ2n) is 5.06. The first-order chi connectivity index (χ1) is 10.1. The normalized spacial score (nSPS) is 16.6. The van der Waals surface area contributed by atoms with Crippen LogP contribution in [0.25, 0.3) is 0 Å². The van der Waals surface area contributed by atoms with E-state index in [4.69, 9.17) is 4.74 Å². The van der Waals surface area contributed by atoms with Crippen LogP contribution in [0.4, 0.5) is 4.39 Å². The molecule has 1 saturated carbocycles. The molecule has 4 nitrogen and oxygen atoms in total. The van der Waals surface area contributed by atoms with Gasteiger partial charge in [0.05, 0.1) is 18.7 Å². The maximum absolute atomic E-state index is 13.2. The fourth-order valence-electron chi connectivity index (χ4n) is 2.79. The third-order valence-corrected chi connectivity index (χ3v) is 3.87. The summed E-state index contributed by atoms with van der Waals surface area (Å²) in [6.07, 6.45) is 1.49. The highest BCUT2D eigenvalue weighted by Crippen LogP contribution is 2.52. The van der Waals surface area contributed by atoms with Gasteiger partial charge in [-0.25, -0.2) is 4.39 Å². The summed E-state index contributed by atoms with van der Waals surface area (Å²) in [6.45, 7) is 1.84. The van der Waals surface area contributed by atoms with E-state index >= 15 is 0 Å². The Labute approximate surface area is 122 Å². The van der Waals surface area contributed by atoms with Gasteiger partial charge in [0.2, 0.25) is 0 Å². The molecule has 0 amide bonds. The predicted octanol–water partition coefficient (Wildman–Crippen LogP) is 2.70. The van der Waals surface area contributed by atoms with E-state index in [9.17, 15) is 19.7 Å². The highest BCUT2D eigenvalue weighted by molar-refractivity contribution is 5.86. The summed E-state index contributed by atoms with van der Waals surface area (Å²) < 4.78 is 18.3. The van der Waals surface area contributed by atoms with Crippen molar-refractivity contribution in [1.82, 2.24) is 0 Å². The van der Waals surface area contributed by atoms with Crippen molar-refractivity contribution in [2.45, 2.75) is 25.2 Å². The topological polar surface area (TPSA) is 73.9 Å². The van der Waals surface area contributed by atoms with Gasteiger partial charge in [0.15, 0.2) is 5.92 Å². The number of carbonyl (C=O) groups is 1. The molecule has 21 heavy (non-hydrogen) atoms. The second kappa shape index (κ2) is 5.93. The first kappa shape index (κ1) is 15.0. The molecule has 0 heterocycles. The number of rotatable bonds is 5. The second-order valence-corrected chi connectivity index (χ2v) is 5.06. The van der Waals surface area contributed by atoms with Gasteiger partial charge in [-0.1, -0.05) is 12.1 Å². The largest absolute Gasteiger partial charge is 0.465 e. The van der Waals surface area contributed by atoms with Crippen LogP contribution in [0.5, 0.6) is 0 Å². The Hall–Kier alpha value is -2.40. The summed E-state index contributed by atoms with van der Waals surface area (Å²) in [4.78, 5) is 12.6. The van der Waals surface area contributed by atoms with Gasteiger partial charge in [0.25, 0.3) is 0 Å². The number of ether oxygens (including phenoxy) is 1. The van der Waals surface area contributed by atoms with Crippen molar-refractivity contribution in [3.63, 3.8) is 0 Å². The predicted molar refractivity (Wildman–Crippen MR) is 72.2 cm³/mol. The van der Waals surface area contributed by atoms with Gasteiger partial charge in [-0.3, -0.25) is 4.79 Å². The first-order valence-corrected chi connectivity index (χ1v) is 6.83. The van der Waals surface area contributed by atoms with Gasteiger partial charge >= 0.3 is 5.97 Å². The minimum atomic E-state index is -1.33. The van der Waals surface area contributed by atoms with Crippen LogP contribution in [0.2, 0.25) is 0 Å². The van der Waals surface area contributed by atoms with Gasteiger partial charge in [0.1, 0.15) is 11.2 Å². The lowest BCUT2D eigenvalue weighted by Crippen LogP contribution is -2.45. The molecule has 0 spiro atoms. The third kappa shape index (κ3) is 2.48. The molecule has 0 saturated heterocycles. The highest BCUT2D eigenvalue weighted by atomic mass is 19.1. The molecule has 1 aliphatic carbocycles. The van der Waals surface area contributed by atoms with Gasteiger partial charge in [-0.2, -0.15) is 10.5 Å². The number of nitrogens with zero attached hydrogens (tertiary/aromatic N) is 2. The van der Waals surface area contributed by atoms with Crippen molar-refractivity contribution < 1.29 is 13.9 Å². The Balaban J connectivity index is 2.61. The molecule has 1 aromatic rings. The molecule has 108 valence electrons. The number of hydrogen-bond acceptors (Lipinski definition) is 4. The molecule has 5 heteroatoms. The average molecular weight is 286 g/mol. The van der Waals surface area contributed by atoms with Crippen LogP contribution in [0.1, 0.15) is 25.3 Å². The van der Waals surface area contributed by atoms with Gasteiger partial charge < -0.3 is 4.74 Å². The summed E-state index contributed by atoms with van der Waals surface area (Å²) >= 11 is 0. The fraction of sp³-hybridized carbons (Fsp3) is 0.438. The zero-order valence-electron chi connectivity index (χ0n) is 11.7. The third-order valence-electron chi connectivity index (χ3n) is 3.87.